The van der Waals surface area contributed by atoms with Gasteiger partial charge in [-0.2, -0.15) is 0 Å². The van der Waals surface area contributed by atoms with Gasteiger partial charge in [0.25, 0.3) is 5.56 Å². The predicted molar refractivity (Wildman–Crippen MR) is 80.0 cm³/mol. The van der Waals surface area contributed by atoms with E-state index in [-0.39, 0.29) is 22.5 Å². The van der Waals surface area contributed by atoms with Crippen LogP contribution in [0.15, 0.2) is 33.9 Å². The van der Waals surface area contributed by atoms with Gasteiger partial charge in [0.15, 0.2) is 5.43 Å². The van der Waals surface area contributed by atoms with Crippen molar-refractivity contribution in [3.8, 4) is 6.01 Å². The number of hydrogen-bond acceptors (Lipinski definition) is 4. The lowest BCUT2D eigenvalue weighted by molar-refractivity contribution is 0.284. The molecule has 0 aliphatic heterocycles. The molecule has 0 bridgehead atoms. The topological polar surface area (TPSA) is 65.6 Å². The molecule has 0 aliphatic carbocycles. The summed E-state index contributed by atoms with van der Waals surface area (Å²) in [5.74, 6) is -0.517. The van der Waals surface area contributed by atoms with E-state index >= 15 is 0 Å². The van der Waals surface area contributed by atoms with Gasteiger partial charge >= 0.3 is 6.01 Å². The van der Waals surface area contributed by atoms with Crippen LogP contribution < -0.4 is 15.7 Å². The quantitative estimate of drug-likeness (QED) is 0.689. The van der Waals surface area contributed by atoms with Gasteiger partial charge in [0.2, 0.25) is 0 Å². The molecular formula is C15H14FN3O3. The van der Waals surface area contributed by atoms with Gasteiger partial charge in [0.1, 0.15) is 11.3 Å². The van der Waals surface area contributed by atoms with Gasteiger partial charge in [-0.25, -0.2) is 8.91 Å². The molecule has 2 aromatic heterocycles. The minimum atomic E-state index is -0.517. The van der Waals surface area contributed by atoms with Crippen molar-refractivity contribution in [1.29, 1.82) is 0 Å². The molecule has 2 heterocycles. The van der Waals surface area contributed by atoms with Crippen molar-refractivity contribution in [2.45, 2.75) is 20.4 Å². The first-order valence-electron chi connectivity index (χ1n) is 6.95. The van der Waals surface area contributed by atoms with Crippen LogP contribution in [0, 0.1) is 5.82 Å². The summed E-state index contributed by atoms with van der Waals surface area (Å²) in [6.07, 6.45) is 0. The summed E-state index contributed by atoms with van der Waals surface area (Å²) >= 11 is 0. The van der Waals surface area contributed by atoms with Crippen molar-refractivity contribution in [3.05, 3.63) is 50.7 Å². The smallest absolute Gasteiger partial charge is 0.317 e. The third kappa shape index (κ3) is 2.05. The van der Waals surface area contributed by atoms with Crippen LogP contribution in [0.3, 0.4) is 0 Å². The van der Waals surface area contributed by atoms with Crippen LogP contribution in [0.1, 0.15) is 13.8 Å². The fourth-order valence-electron chi connectivity index (χ4n) is 2.42. The number of nitrogens with zero attached hydrogens (tertiary/aromatic N) is 3. The molecule has 1 aromatic carbocycles. The van der Waals surface area contributed by atoms with E-state index in [1.54, 1.807) is 13.8 Å². The molecule has 3 rings (SSSR count). The number of fused-ring (bicyclic) bond motifs is 3. The second kappa shape index (κ2) is 5.25. The van der Waals surface area contributed by atoms with Crippen LogP contribution in [-0.2, 0) is 6.54 Å². The maximum absolute atomic E-state index is 13.4. The third-order valence-corrected chi connectivity index (χ3v) is 3.42. The van der Waals surface area contributed by atoms with E-state index < -0.39 is 11.2 Å². The fourth-order valence-corrected chi connectivity index (χ4v) is 2.42. The maximum atomic E-state index is 13.4. The Morgan fingerprint density at radius 2 is 1.95 bits per heavy atom. The first-order valence-corrected chi connectivity index (χ1v) is 6.95. The molecule has 0 saturated carbocycles. The molecule has 0 fully saturated rings. The lowest BCUT2D eigenvalue weighted by Crippen LogP contribution is -2.27. The molecule has 0 N–H and O–H groups in total. The van der Waals surface area contributed by atoms with Crippen LogP contribution >= 0.6 is 0 Å². The van der Waals surface area contributed by atoms with Crippen molar-refractivity contribution < 1.29 is 9.13 Å². The molecule has 0 unspecified atom stereocenters. The molecule has 3 aromatic rings. The number of halogens is 1. The molecule has 0 aliphatic rings. The number of benzene rings is 1. The average Bonchev–Trinajstić information content (AvgIpc) is 2.49. The van der Waals surface area contributed by atoms with Gasteiger partial charge < -0.3 is 4.74 Å². The number of rotatable bonds is 3. The van der Waals surface area contributed by atoms with Crippen molar-refractivity contribution in [1.82, 2.24) is 14.2 Å². The van der Waals surface area contributed by atoms with Crippen LogP contribution in [0.25, 0.3) is 16.4 Å². The summed E-state index contributed by atoms with van der Waals surface area (Å²) < 4.78 is 21.4. The third-order valence-electron chi connectivity index (χ3n) is 3.42. The second-order valence-electron chi connectivity index (χ2n) is 4.73. The van der Waals surface area contributed by atoms with Crippen LogP contribution in [0.2, 0.25) is 0 Å². The molecule has 0 radical (unpaired) electrons. The average molecular weight is 303 g/mol. The Morgan fingerprint density at radius 3 is 2.64 bits per heavy atom. The summed E-state index contributed by atoms with van der Waals surface area (Å²) in [5, 5.41) is 4.46. The highest BCUT2D eigenvalue weighted by atomic mass is 19.1. The van der Waals surface area contributed by atoms with Crippen molar-refractivity contribution in [2.75, 3.05) is 6.61 Å². The first-order chi connectivity index (χ1) is 10.6. The second-order valence-corrected chi connectivity index (χ2v) is 4.73. The Hall–Kier alpha value is -2.70. The zero-order chi connectivity index (χ0) is 15.9. The zero-order valence-corrected chi connectivity index (χ0v) is 12.2. The van der Waals surface area contributed by atoms with E-state index in [0.29, 0.717) is 18.7 Å². The summed E-state index contributed by atoms with van der Waals surface area (Å²) in [7, 11) is 0. The lowest BCUT2D eigenvalue weighted by atomic mass is 10.2. The molecule has 0 amide bonds. The predicted octanol–water partition coefficient (Wildman–Crippen LogP) is 1.57. The zero-order valence-electron chi connectivity index (χ0n) is 12.2. The van der Waals surface area contributed by atoms with E-state index in [1.165, 1.54) is 27.3 Å². The van der Waals surface area contributed by atoms with Crippen LogP contribution in [0.4, 0.5) is 4.39 Å². The molecule has 0 atom stereocenters. The van der Waals surface area contributed by atoms with Crippen molar-refractivity contribution >= 4 is 16.4 Å². The minimum absolute atomic E-state index is 0.134. The van der Waals surface area contributed by atoms with E-state index in [0.717, 1.165) is 6.07 Å². The van der Waals surface area contributed by atoms with Crippen molar-refractivity contribution in [2.24, 2.45) is 0 Å². The Kier molecular flexibility index (Phi) is 3.40. The molecule has 7 heteroatoms. The SMILES string of the molecule is CCOc1nn2c(cc(=O)c3cc(F)ccc32)c(=O)n1CC. The molecule has 0 saturated heterocycles. The highest BCUT2D eigenvalue weighted by Crippen LogP contribution is 2.14. The molecule has 0 spiro atoms. The van der Waals surface area contributed by atoms with Crippen molar-refractivity contribution in [3.63, 3.8) is 0 Å². The first kappa shape index (κ1) is 14.2. The summed E-state index contributed by atoms with van der Waals surface area (Å²) in [4.78, 5) is 24.6. The van der Waals surface area contributed by atoms with E-state index in [9.17, 15) is 14.0 Å². The number of ether oxygens (including phenoxy) is 1. The maximum Gasteiger partial charge on any atom is 0.317 e. The van der Waals surface area contributed by atoms with Crippen LogP contribution in [-0.4, -0.2) is 20.8 Å². The highest BCUT2D eigenvalue weighted by Gasteiger charge is 2.14. The lowest BCUT2D eigenvalue weighted by Gasteiger charge is -2.13. The summed E-state index contributed by atoms with van der Waals surface area (Å²) in [6.45, 7) is 4.30. The normalized spacial score (nSPS) is 11.2. The Labute approximate surface area is 124 Å². The van der Waals surface area contributed by atoms with Crippen LogP contribution in [0.5, 0.6) is 6.01 Å². The Morgan fingerprint density at radius 1 is 1.18 bits per heavy atom. The standard InChI is InChI=1S/C15H14FN3O3/c1-3-18-14(21)12-8-13(20)10-7-9(16)5-6-11(10)19(12)17-15(18)22-4-2/h5-8H,3-4H2,1-2H3. The highest BCUT2D eigenvalue weighted by molar-refractivity contribution is 5.81. The van der Waals surface area contributed by atoms with Gasteiger partial charge in [-0.15, -0.1) is 5.10 Å². The molecule has 22 heavy (non-hydrogen) atoms. The largest absolute Gasteiger partial charge is 0.464 e. The summed E-state index contributed by atoms with van der Waals surface area (Å²) in [6, 6.07) is 5.13. The van der Waals surface area contributed by atoms with E-state index in [2.05, 4.69) is 5.10 Å². The minimum Gasteiger partial charge on any atom is -0.464 e. The van der Waals surface area contributed by atoms with Gasteiger partial charge in [0.05, 0.1) is 17.5 Å². The number of pyridine rings is 1. The summed E-state index contributed by atoms with van der Waals surface area (Å²) in [5.41, 5.74) is -0.288. The van der Waals surface area contributed by atoms with E-state index in [1.807, 2.05) is 0 Å². The van der Waals surface area contributed by atoms with Gasteiger partial charge in [-0.05, 0) is 32.0 Å². The van der Waals surface area contributed by atoms with Gasteiger partial charge in [-0.1, -0.05) is 0 Å². The van der Waals surface area contributed by atoms with Gasteiger partial charge in [0, 0.05) is 12.6 Å². The van der Waals surface area contributed by atoms with Gasteiger partial charge in [-0.3, -0.25) is 14.2 Å². The monoisotopic (exact) mass is 303 g/mol. The Balaban J connectivity index is 2.54. The van der Waals surface area contributed by atoms with E-state index in [4.69, 9.17) is 4.74 Å². The molecular weight excluding hydrogens is 289 g/mol. The molecule has 6 nitrogen and oxygen atoms in total. The number of hydrogen-bond donors (Lipinski definition) is 0. The molecule has 114 valence electrons. The fraction of sp³-hybridized carbons (Fsp3) is 0.267. The number of aromatic nitrogens is 3. The Bertz CT molecular complexity index is 991.